The summed E-state index contributed by atoms with van der Waals surface area (Å²) in [6.45, 7) is 6.55. The number of rotatable bonds is 2. The van der Waals surface area contributed by atoms with Gasteiger partial charge in [-0.25, -0.2) is 0 Å². The van der Waals surface area contributed by atoms with Crippen LogP contribution in [0.4, 0.5) is 0 Å². The molecule has 0 aliphatic heterocycles. The molecular weight excluding hydrogens is 184 g/mol. The SMILES string of the molecule is CC(C)(C)c1ccc(CC(N)C#N)cc1. The Labute approximate surface area is 91.7 Å². The molecule has 2 N–H and O–H groups in total. The first-order valence-corrected chi connectivity index (χ1v) is 5.18. The Morgan fingerprint density at radius 2 is 1.80 bits per heavy atom. The van der Waals surface area contributed by atoms with E-state index in [9.17, 15) is 0 Å². The molecule has 1 aromatic rings. The van der Waals surface area contributed by atoms with Crippen LogP contribution in [-0.4, -0.2) is 6.04 Å². The molecule has 1 atom stereocenters. The Morgan fingerprint density at radius 3 is 2.20 bits per heavy atom. The third-order valence-electron chi connectivity index (χ3n) is 2.44. The van der Waals surface area contributed by atoms with Gasteiger partial charge in [-0.3, -0.25) is 0 Å². The Morgan fingerprint density at radius 1 is 1.27 bits per heavy atom. The average molecular weight is 202 g/mol. The van der Waals surface area contributed by atoms with E-state index < -0.39 is 6.04 Å². The van der Waals surface area contributed by atoms with Gasteiger partial charge < -0.3 is 5.73 Å². The summed E-state index contributed by atoms with van der Waals surface area (Å²) in [5, 5.41) is 8.60. The van der Waals surface area contributed by atoms with Crippen LogP contribution in [0, 0.1) is 11.3 Å². The van der Waals surface area contributed by atoms with Gasteiger partial charge in [-0.1, -0.05) is 45.0 Å². The van der Waals surface area contributed by atoms with E-state index in [2.05, 4.69) is 45.0 Å². The van der Waals surface area contributed by atoms with Crippen LogP contribution in [0.5, 0.6) is 0 Å². The number of nitriles is 1. The molecule has 0 fully saturated rings. The first-order chi connectivity index (χ1) is 6.93. The summed E-state index contributed by atoms with van der Waals surface area (Å²) in [4.78, 5) is 0. The summed E-state index contributed by atoms with van der Waals surface area (Å²) in [6, 6.07) is 9.97. The molecule has 0 aromatic heterocycles. The van der Waals surface area contributed by atoms with Crippen LogP contribution in [0.1, 0.15) is 31.9 Å². The highest BCUT2D eigenvalue weighted by Gasteiger charge is 2.13. The van der Waals surface area contributed by atoms with Crippen LogP contribution < -0.4 is 5.73 Å². The van der Waals surface area contributed by atoms with E-state index >= 15 is 0 Å². The summed E-state index contributed by atoms with van der Waals surface area (Å²) in [6.07, 6.45) is 0.626. The molecule has 0 saturated carbocycles. The molecule has 0 aliphatic rings. The van der Waals surface area contributed by atoms with Crippen LogP contribution in [-0.2, 0) is 11.8 Å². The van der Waals surface area contributed by atoms with Crippen molar-refractivity contribution in [3.8, 4) is 6.07 Å². The zero-order chi connectivity index (χ0) is 11.5. The highest BCUT2D eigenvalue weighted by atomic mass is 14.6. The second kappa shape index (κ2) is 4.46. The van der Waals surface area contributed by atoms with E-state index in [4.69, 9.17) is 11.0 Å². The van der Waals surface area contributed by atoms with E-state index in [1.165, 1.54) is 5.56 Å². The molecular formula is C13H18N2. The normalized spacial score (nSPS) is 13.3. The maximum absolute atomic E-state index is 8.60. The monoisotopic (exact) mass is 202 g/mol. The van der Waals surface area contributed by atoms with E-state index in [1.807, 2.05) is 6.07 Å². The van der Waals surface area contributed by atoms with Gasteiger partial charge in [0.25, 0.3) is 0 Å². The number of hydrogen-bond acceptors (Lipinski definition) is 2. The number of benzene rings is 1. The highest BCUT2D eigenvalue weighted by molar-refractivity contribution is 5.28. The molecule has 1 rings (SSSR count). The molecule has 2 nitrogen and oxygen atoms in total. The molecule has 0 bridgehead atoms. The first-order valence-electron chi connectivity index (χ1n) is 5.18. The van der Waals surface area contributed by atoms with Crippen molar-refractivity contribution in [2.24, 2.45) is 5.73 Å². The first kappa shape index (κ1) is 11.7. The molecule has 0 heterocycles. The molecule has 15 heavy (non-hydrogen) atoms. The summed E-state index contributed by atoms with van der Waals surface area (Å²) >= 11 is 0. The van der Waals surface area contributed by atoms with Gasteiger partial charge in [-0.05, 0) is 16.5 Å². The van der Waals surface area contributed by atoms with Gasteiger partial charge in [0, 0.05) is 6.42 Å². The Balaban J connectivity index is 2.78. The lowest BCUT2D eigenvalue weighted by atomic mass is 9.86. The van der Waals surface area contributed by atoms with Crippen molar-refractivity contribution >= 4 is 0 Å². The molecule has 0 spiro atoms. The van der Waals surface area contributed by atoms with Gasteiger partial charge in [0.05, 0.1) is 12.1 Å². The van der Waals surface area contributed by atoms with Crippen molar-refractivity contribution in [2.45, 2.75) is 38.6 Å². The zero-order valence-corrected chi connectivity index (χ0v) is 9.62. The summed E-state index contributed by atoms with van der Waals surface area (Å²) < 4.78 is 0. The predicted molar refractivity (Wildman–Crippen MR) is 62.4 cm³/mol. The average Bonchev–Trinajstić information content (AvgIpc) is 2.17. The van der Waals surface area contributed by atoms with Gasteiger partial charge in [-0.2, -0.15) is 5.26 Å². The molecule has 0 radical (unpaired) electrons. The number of nitrogens with two attached hydrogens (primary N) is 1. The Bertz CT molecular complexity index is 352. The third-order valence-corrected chi connectivity index (χ3v) is 2.44. The minimum Gasteiger partial charge on any atom is -0.316 e. The van der Waals surface area contributed by atoms with Gasteiger partial charge >= 0.3 is 0 Å². The van der Waals surface area contributed by atoms with Gasteiger partial charge in [0.15, 0.2) is 0 Å². The standard InChI is InChI=1S/C13H18N2/c1-13(2,3)11-6-4-10(5-7-11)8-12(15)9-14/h4-7,12H,8,15H2,1-3H3. The van der Waals surface area contributed by atoms with Gasteiger partial charge in [-0.15, -0.1) is 0 Å². The third kappa shape index (κ3) is 3.38. The lowest BCUT2D eigenvalue weighted by Gasteiger charge is -2.19. The quantitative estimate of drug-likeness (QED) is 0.800. The van der Waals surface area contributed by atoms with Crippen molar-refractivity contribution in [3.05, 3.63) is 35.4 Å². The molecule has 80 valence electrons. The zero-order valence-electron chi connectivity index (χ0n) is 9.62. The lowest BCUT2D eigenvalue weighted by molar-refractivity contribution is 0.590. The molecule has 2 heteroatoms. The fraction of sp³-hybridized carbons (Fsp3) is 0.462. The second-order valence-electron chi connectivity index (χ2n) is 4.89. The van der Waals surface area contributed by atoms with Crippen molar-refractivity contribution in [2.75, 3.05) is 0 Å². The minimum absolute atomic E-state index is 0.176. The molecule has 0 saturated heterocycles. The smallest absolute Gasteiger partial charge is 0.0968 e. The largest absolute Gasteiger partial charge is 0.316 e. The molecule has 1 unspecified atom stereocenters. The van der Waals surface area contributed by atoms with E-state index in [0.29, 0.717) is 6.42 Å². The number of nitrogens with zero attached hydrogens (tertiary/aromatic N) is 1. The van der Waals surface area contributed by atoms with Crippen molar-refractivity contribution in [3.63, 3.8) is 0 Å². The van der Waals surface area contributed by atoms with Crippen LogP contribution in [0.25, 0.3) is 0 Å². The van der Waals surface area contributed by atoms with E-state index in [0.717, 1.165) is 5.56 Å². The summed E-state index contributed by atoms with van der Waals surface area (Å²) in [7, 11) is 0. The Kier molecular flexibility index (Phi) is 3.49. The Hall–Kier alpha value is -1.33. The summed E-state index contributed by atoms with van der Waals surface area (Å²) in [5.41, 5.74) is 8.17. The lowest BCUT2D eigenvalue weighted by Crippen LogP contribution is -2.20. The molecule has 0 aliphatic carbocycles. The number of hydrogen-bond donors (Lipinski definition) is 1. The van der Waals surface area contributed by atoms with Crippen LogP contribution in [0.2, 0.25) is 0 Å². The summed E-state index contributed by atoms with van der Waals surface area (Å²) in [5.74, 6) is 0. The van der Waals surface area contributed by atoms with Crippen LogP contribution in [0.3, 0.4) is 0 Å². The van der Waals surface area contributed by atoms with E-state index in [1.54, 1.807) is 0 Å². The van der Waals surface area contributed by atoms with Gasteiger partial charge in [0.1, 0.15) is 0 Å². The van der Waals surface area contributed by atoms with Gasteiger partial charge in [0.2, 0.25) is 0 Å². The maximum atomic E-state index is 8.60. The molecule has 1 aromatic carbocycles. The predicted octanol–water partition coefficient (Wildman–Crippen LogP) is 2.38. The maximum Gasteiger partial charge on any atom is 0.0968 e. The van der Waals surface area contributed by atoms with Crippen molar-refractivity contribution < 1.29 is 0 Å². The van der Waals surface area contributed by atoms with Crippen molar-refractivity contribution in [1.82, 2.24) is 0 Å². The molecule has 0 amide bonds. The highest BCUT2D eigenvalue weighted by Crippen LogP contribution is 2.22. The van der Waals surface area contributed by atoms with E-state index in [-0.39, 0.29) is 5.41 Å². The fourth-order valence-corrected chi connectivity index (χ4v) is 1.44. The minimum atomic E-state index is -0.398. The second-order valence-corrected chi connectivity index (χ2v) is 4.89. The fourth-order valence-electron chi connectivity index (χ4n) is 1.44. The topological polar surface area (TPSA) is 49.8 Å². The van der Waals surface area contributed by atoms with Crippen LogP contribution in [0.15, 0.2) is 24.3 Å². The van der Waals surface area contributed by atoms with Crippen LogP contribution >= 0.6 is 0 Å². The van der Waals surface area contributed by atoms with Crippen molar-refractivity contribution in [1.29, 1.82) is 5.26 Å².